The summed E-state index contributed by atoms with van der Waals surface area (Å²) in [5.41, 5.74) is 2.41. The molecule has 2 nitrogen and oxygen atoms in total. The summed E-state index contributed by atoms with van der Waals surface area (Å²) in [6.07, 6.45) is 7.02. The number of benzene rings is 1. The molecule has 0 saturated heterocycles. The minimum atomic E-state index is 0.854. The van der Waals surface area contributed by atoms with E-state index >= 15 is 0 Å². The SMILES string of the molecule is Cc1ccc2sc(NCC3CCCCC3)nc2c1. The summed E-state index contributed by atoms with van der Waals surface area (Å²) in [6.45, 7) is 3.22. The van der Waals surface area contributed by atoms with Gasteiger partial charge in [-0.3, -0.25) is 0 Å². The summed E-state index contributed by atoms with van der Waals surface area (Å²) in [4.78, 5) is 4.67. The molecule has 1 aromatic carbocycles. The fourth-order valence-electron chi connectivity index (χ4n) is 2.74. The highest BCUT2D eigenvalue weighted by Gasteiger charge is 2.13. The molecular formula is C15H20N2S. The van der Waals surface area contributed by atoms with Crippen molar-refractivity contribution in [2.24, 2.45) is 5.92 Å². The van der Waals surface area contributed by atoms with E-state index in [1.54, 1.807) is 11.3 Å². The van der Waals surface area contributed by atoms with Gasteiger partial charge in [-0.15, -0.1) is 0 Å². The third-order valence-corrected chi connectivity index (χ3v) is 4.80. The van der Waals surface area contributed by atoms with Gasteiger partial charge in [-0.1, -0.05) is 36.7 Å². The number of nitrogens with zero attached hydrogens (tertiary/aromatic N) is 1. The van der Waals surface area contributed by atoms with Crippen molar-refractivity contribution in [1.82, 2.24) is 4.98 Å². The lowest BCUT2D eigenvalue weighted by Gasteiger charge is -2.21. The molecule has 0 unspecified atom stereocenters. The number of aromatic nitrogens is 1. The van der Waals surface area contributed by atoms with Crippen LogP contribution in [0, 0.1) is 12.8 Å². The van der Waals surface area contributed by atoms with Crippen molar-refractivity contribution in [3.05, 3.63) is 23.8 Å². The topological polar surface area (TPSA) is 24.9 Å². The van der Waals surface area contributed by atoms with Crippen LogP contribution in [0.2, 0.25) is 0 Å². The van der Waals surface area contributed by atoms with Crippen LogP contribution >= 0.6 is 11.3 Å². The number of hydrogen-bond donors (Lipinski definition) is 1. The summed E-state index contributed by atoms with van der Waals surface area (Å²) in [5.74, 6) is 0.854. The fourth-order valence-corrected chi connectivity index (χ4v) is 3.59. The molecule has 0 atom stereocenters. The smallest absolute Gasteiger partial charge is 0.183 e. The molecule has 0 spiro atoms. The van der Waals surface area contributed by atoms with Gasteiger partial charge in [-0.2, -0.15) is 0 Å². The van der Waals surface area contributed by atoms with Crippen LogP contribution in [0.4, 0.5) is 5.13 Å². The third kappa shape index (κ3) is 2.66. The second-order valence-electron chi connectivity index (χ2n) is 5.38. The number of aryl methyl sites for hydroxylation is 1. The fraction of sp³-hybridized carbons (Fsp3) is 0.533. The minimum Gasteiger partial charge on any atom is -0.361 e. The molecule has 3 heteroatoms. The Kier molecular flexibility index (Phi) is 3.50. The van der Waals surface area contributed by atoms with Crippen molar-refractivity contribution in [1.29, 1.82) is 0 Å². The average molecular weight is 260 g/mol. The normalized spacial score (nSPS) is 17.2. The maximum atomic E-state index is 4.67. The first-order valence-electron chi connectivity index (χ1n) is 6.92. The zero-order valence-electron chi connectivity index (χ0n) is 10.9. The van der Waals surface area contributed by atoms with Gasteiger partial charge in [-0.25, -0.2) is 4.98 Å². The van der Waals surface area contributed by atoms with Gasteiger partial charge in [0.25, 0.3) is 0 Å². The van der Waals surface area contributed by atoms with Crippen molar-refractivity contribution in [2.45, 2.75) is 39.0 Å². The number of anilines is 1. The van der Waals surface area contributed by atoms with Gasteiger partial charge in [0.1, 0.15) is 0 Å². The lowest BCUT2D eigenvalue weighted by molar-refractivity contribution is 0.373. The lowest BCUT2D eigenvalue weighted by atomic mass is 9.89. The summed E-state index contributed by atoms with van der Waals surface area (Å²) in [7, 11) is 0. The van der Waals surface area contributed by atoms with Crippen molar-refractivity contribution in [3.8, 4) is 0 Å². The van der Waals surface area contributed by atoms with Crippen LogP contribution < -0.4 is 5.32 Å². The largest absolute Gasteiger partial charge is 0.361 e. The molecule has 0 aliphatic heterocycles. The van der Waals surface area contributed by atoms with Gasteiger partial charge in [0.05, 0.1) is 10.2 Å². The Bertz CT molecular complexity index is 526. The number of hydrogen-bond acceptors (Lipinski definition) is 3. The molecule has 0 amide bonds. The highest BCUT2D eigenvalue weighted by molar-refractivity contribution is 7.22. The maximum absolute atomic E-state index is 4.67. The van der Waals surface area contributed by atoms with E-state index in [1.165, 1.54) is 42.4 Å². The standard InChI is InChI=1S/C15H20N2S/c1-11-7-8-14-13(9-11)17-15(18-14)16-10-12-5-3-2-4-6-12/h7-9,12H,2-6,10H2,1H3,(H,16,17). The Morgan fingerprint density at radius 3 is 2.94 bits per heavy atom. The van der Waals surface area contributed by atoms with Crippen LogP contribution in [0.3, 0.4) is 0 Å². The van der Waals surface area contributed by atoms with Crippen LogP contribution in [-0.4, -0.2) is 11.5 Å². The van der Waals surface area contributed by atoms with Gasteiger partial charge in [0.2, 0.25) is 0 Å². The van der Waals surface area contributed by atoms with Crippen molar-refractivity contribution in [2.75, 3.05) is 11.9 Å². The van der Waals surface area contributed by atoms with E-state index in [0.29, 0.717) is 0 Å². The highest BCUT2D eigenvalue weighted by atomic mass is 32.1. The Morgan fingerprint density at radius 2 is 2.11 bits per heavy atom. The molecule has 1 heterocycles. The number of nitrogens with one attached hydrogen (secondary N) is 1. The minimum absolute atomic E-state index is 0.854. The summed E-state index contributed by atoms with van der Waals surface area (Å²) in [5, 5.41) is 4.62. The molecule has 18 heavy (non-hydrogen) atoms. The lowest BCUT2D eigenvalue weighted by Crippen LogP contribution is -2.16. The van der Waals surface area contributed by atoms with Gasteiger partial charge < -0.3 is 5.32 Å². The van der Waals surface area contributed by atoms with Gasteiger partial charge in [0, 0.05) is 6.54 Å². The van der Waals surface area contributed by atoms with Gasteiger partial charge in [-0.05, 0) is 43.4 Å². The molecule has 3 rings (SSSR count). The molecule has 1 saturated carbocycles. The highest BCUT2D eigenvalue weighted by Crippen LogP contribution is 2.28. The number of rotatable bonds is 3. The Balaban J connectivity index is 1.67. The first-order valence-corrected chi connectivity index (χ1v) is 7.74. The predicted molar refractivity (Wildman–Crippen MR) is 79.4 cm³/mol. The average Bonchev–Trinajstić information content (AvgIpc) is 2.79. The van der Waals surface area contributed by atoms with E-state index in [-0.39, 0.29) is 0 Å². The van der Waals surface area contributed by atoms with Crippen LogP contribution in [0.1, 0.15) is 37.7 Å². The maximum Gasteiger partial charge on any atom is 0.183 e. The van der Waals surface area contributed by atoms with Crippen molar-refractivity contribution >= 4 is 26.7 Å². The molecule has 0 radical (unpaired) electrons. The summed E-state index contributed by atoms with van der Waals surface area (Å²) < 4.78 is 1.28. The molecular weight excluding hydrogens is 240 g/mol. The van der Waals surface area contributed by atoms with Crippen molar-refractivity contribution in [3.63, 3.8) is 0 Å². The monoisotopic (exact) mass is 260 g/mol. The molecule has 0 bridgehead atoms. The summed E-state index contributed by atoms with van der Waals surface area (Å²) in [6, 6.07) is 6.50. The predicted octanol–water partition coefficient (Wildman–Crippen LogP) is 4.60. The molecule has 2 aromatic rings. The Hall–Kier alpha value is -1.09. The van der Waals surface area contributed by atoms with E-state index in [0.717, 1.165) is 23.1 Å². The van der Waals surface area contributed by atoms with Crippen LogP contribution in [0.15, 0.2) is 18.2 Å². The second kappa shape index (κ2) is 5.27. The molecule has 1 fully saturated rings. The quantitative estimate of drug-likeness (QED) is 0.872. The first-order chi connectivity index (χ1) is 8.81. The van der Waals surface area contributed by atoms with E-state index in [4.69, 9.17) is 0 Å². The molecule has 1 aliphatic carbocycles. The van der Waals surface area contributed by atoms with Gasteiger partial charge in [0.15, 0.2) is 5.13 Å². The number of fused-ring (bicyclic) bond motifs is 1. The zero-order chi connectivity index (χ0) is 12.4. The molecule has 1 N–H and O–H groups in total. The van der Waals surface area contributed by atoms with E-state index in [2.05, 4.69) is 35.4 Å². The first kappa shape index (κ1) is 12.0. The zero-order valence-corrected chi connectivity index (χ0v) is 11.7. The molecule has 1 aromatic heterocycles. The molecule has 1 aliphatic rings. The van der Waals surface area contributed by atoms with Crippen LogP contribution in [-0.2, 0) is 0 Å². The van der Waals surface area contributed by atoms with E-state index in [9.17, 15) is 0 Å². The van der Waals surface area contributed by atoms with Crippen molar-refractivity contribution < 1.29 is 0 Å². The van der Waals surface area contributed by atoms with E-state index < -0.39 is 0 Å². The molecule has 96 valence electrons. The van der Waals surface area contributed by atoms with E-state index in [1.807, 2.05) is 0 Å². The second-order valence-corrected chi connectivity index (χ2v) is 6.41. The number of thiazole rings is 1. The Labute approximate surface area is 112 Å². The summed E-state index contributed by atoms with van der Waals surface area (Å²) >= 11 is 1.77. The van der Waals surface area contributed by atoms with Crippen LogP contribution in [0.25, 0.3) is 10.2 Å². The van der Waals surface area contributed by atoms with Crippen LogP contribution in [0.5, 0.6) is 0 Å². The Morgan fingerprint density at radius 1 is 1.28 bits per heavy atom. The third-order valence-electron chi connectivity index (χ3n) is 3.81. The van der Waals surface area contributed by atoms with Gasteiger partial charge >= 0.3 is 0 Å².